The smallest absolute Gasteiger partial charge is 0.218 e. The number of methoxy groups -OCH3 is 1. The molecule has 118 valence electrons. The number of hydrogen-bond donors (Lipinski definition) is 1. The fourth-order valence-electron chi connectivity index (χ4n) is 2.77. The third-order valence-corrected chi connectivity index (χ3v) is 3.97. The van der Waals surface area contributed by atoms with Gasteiger partial charge in [-0.3, -0.25) is 5.10 Å². The van der Waals surface area contributed by atoms with E-state index in [1.165, 1.54) is 6.33 Å². The zero-order valence-corrected chi connectivity index (χ0v) is 12.7. The van der Waals surface area contributed by atoms with Crippen molar-refractivity contribution in [2.75, 3.05) is 43.1 Å². The Morgan fingerprint density at radius 2 is 1.78 bits per heavy atom. The van der Waals surface area contributed by atoms with Crippen LogP contribution >= 0.6 is 0 Å². The van der Waals surface area contributed by atoms with Crippen molar-refractivity contribution in [2.24, 2.45) is 0 Å². The van der Waals surface area contributed by atoms with Crippen LogP contribution in [-0.4, -0.2) is 63.4 Å². The molecule has 0 bridgehead atoms. The summed E-state index contributed by atoms with van der Waals surface area (Å²) in [5, 5.41) is 7.87. The standard InChI is InChI=1S/C14H16N8O/c1-23-12-6-11(15-8-16-12)21-2-4-22(5-3-21)14-10-7-19-20-13(10)17-9-18-14/h6-9H,2-5H2,1H3,(H,17,18,19,20). The Labute approximate surface area is 132 Å². The zero-order chi connectivity index (χ0) is 15.6. The number of anilines is 2. The van der Waals surface area contributed by atoms with E-state index in [1.54, 1.807) is 19.6 Å². The SMILES string of the molecule is COc1cc(N2CCN(c3ncnc4[nH]ncc34)CC2)ncn1. The van der Waals surface area contributed by atoms with E-state index in [0.29, 0.717) is 5.88 Å². The molecule has 0 spiro atoms. The normalized spacial score (nSPS) is 15.2. The molecule has 3 aromatic heterocycles. The van der Waals surface area contributed by atoms with Gasteiger partial charge in [0, 0.05) is 32.2 Å². The summed E-state index contributed by atoms with van der Waals surface area (Å²) < 4.78 is 5.16. The second-order valence-corrected chi connectivity index (χ2v) is 5.22. The number of fused-ring (bicyclic) bond motifs is 1. The van der Waals surface area contributed by atoms with Crippen LogP contribution in [0.2, 0.25) is 0 Å². The molecular formula is C14H16N8O. The van der Waals surface area contributed by atoms with Crippen LogP contribution < -0.4 is 14.5 Å². The molecule has 0 unspecified atom stereocenters. The lowest BCUT2D eigenvalue weighted by Crippen LogP contribution is -2.47. The summed E-state index contributed by atoms with van der Waals surface area (Å²) in [5.74, 6) is 2.38. The van der Waals surface area contributed by atoms with Gasteiger partial charge < -0.3 is 14.5 Å². The Bertz CT molecular complexity index is 811. The largest absolute Gasteiger partial charge is 0.481 e. The number of rotatable bonds is 3. The first-order valence-electron chi connectivity index (χ1n) is 7.35. The highest BCUT2D eigenvalue weighted by Crippen LogP contribution is 2.24. The van der Waals surface area contributed by atoms with Gasteiger partial charge >= 0.3 is 0 Å². The van der Waals surface area contributed by atoms with E-state index in [2.05, 4.69) is 39.9 Å². The van der Waals surface area contributed by atoms with Gasteiger partial charge in [-0.25, -0.2) is 19.9 Å². The minimum absolute atomic E-state index is 0.577. The maximum absolute atomic E-state index is 5.16. The van der Waals surface area contributed by atoms with Gasteiger partial charge in [-0.15, -0.1) is 0 Å². The van der Waals surface area contributed by atoms with E-state index < -0.39 is 0 Å². The summed E-state index contributed by atoms with van der Waals surface area (Å²) in [7, 11) is 1.61. The van der Waals surface area contributed by atoms with Gasteiger partial charge in [0.05, 0.1) is 18.7 Å². The Morgan fingerprint density at radius 3 is 2.61 bits per heavy atom. The lowest BCUT2D eigenvalue weighted by Gasteiger charge is -2.36. The molecule has 0 amide bonds. The van der Waals surface area contributed by atoms with Crippen LogP contribution in [0.15, 0.2) is 24.9 Å². The predicted molar refractivity (Wildman–Crippen MR) is 84.7 cm³/mol. The van der Waals surface area contributed by atoms with Crippen LogP contribution in [-0.2, 0) is 0 Å². The predicted octanol–water partition coefficient (Wildman–Crippen LogP) is 0.478. The van der Waals surface area contributed by atoms with Crippen molar-refractivity contribution in [1.29, 1.82) is 0 Å². The number of nitrogens with one attached hydrogen (secondary N) is 1. The molecule has 4 rings (SSSR count). The molecule has 4 heterocycles. The van der Waals surface area contributed by atoms with Crippen molar-refractivity contribution in [3.05, 3.63) is 24.9 Å². The van der Waals surface area contributed by atoms with Crippen LogP contribution in [0.25, 0.3) is 11.0 Å². The summed E-state index contributed by atoms with van der Waals surface area (Å²) in [6, 6.07) is 1.86. The summed E-state index contributed by atoms with van der Waals surface area (Å²) in [4.78, 5) is 21.4. The molecule has 0 radical (unpaired) electrons. The van der Waals surface area contributed by atoms with Crippen molar-refractivity contribution in [2.45, 2.75) is 0 Å². The lowest BCUT2D eigenvalue weighted by molar-refractivity contribution is 0.396. The van der Waals surface area contributed by atoms with Gasteiger partial charge in [-0.2, -0.15) is 5.10 Å². The first kappa shape index (κ1) is 13.7. The molecule has 1 fully saturated rings. The first-order valence-corrected chi connectivity index (χ1v) is 7.35. The summed E-state index contributed by atoms with van der Waals surface area (Å²) in [5.41, 5.74) is 0.762. The topological polar surface area (TPSA) is 96.0 Å². The van der Waals surface area contributed by atoms with Gasteiger partial charge in [0.25, 0.3) is 0 Å². The van der Waals surface area contributed by atoms with Crippen molar-refractivity contribution in [3.8, 4) is 5.88 Å². The number of hydrogen-bond acceptors (Lipinski definition) is 8. The van der Waals surface area contributed by atoms with Crippen LogP contribution in [0.1, 0.15) is 0 Å². The van der Waals surface area contributed by atoms with Gasteiger partial charge in [-0.05, 0) is 0 Å². The zero-order valence-electron chi connectivity index (χ0n) is 12.7. The molecule has 0 aromatic carbocycles. The van der Waals surface area contributed by atoms with Gasteiger partial charge in [0.1, 0.15) is 24.3 Å². The fourth-order valence-corrected chi connectivity index (χ4v) is 2.77. The fraction of sp³-hybridized carbons (Fsp3) is 0.357. The first-order chi connectivity index (χ1) is 11.3. The average molecular weight is 312 g/mol. The van der Waals surface area contributed by atoms with Crippen LogP contribution in [0.4, 0.5) is 11.6 Å². The van der Waals surface area contributed by atoms with Crippen LogP contribution in [0, 0.1) is 0 Å². The Morgan fingerprint density at radius 1 is 1.00 bits per heavy atom. The number of aromatic amines is 1. The highest BCUT2D eigenvalue weighted by atomic mass is 16.5. The summed E-state index contributed by atoms with van der Waals surface area (Å²) >= 11 is 0. The van der Waals surface area contributed by atoms with E-state index in [-0.39, 0.29) is 0 Å². The second-order valence-electron chi connectivity index (χ2n) is 5.22. The van der Waals surface area contributed by atoms with Crippen molar-refractivity contribution in [1.82, 2.24) is 30.1 Å². The number of aromatic nitrogens is 6. The number of nitrogens with zero attached hydrogens (tertiary/aromatic N) is 7. The minimum Gasteiger partial charge on any atom is -0.481 e. The van der Waals surface area contributed by atoms with Gasteiger partial charge in [0.15, 0.2) is 5.65 Å². The van der Waals surface area contributed by atoms with Crippen LogP contribution in [0.3, 0.4) is 0 Å². The van der Waals surface area contributed by atoms with Crippen LogP contribution in [0.5, 0.6) is 5.88 Å². The Balaban J connectivity index is 1.51. The van der Waals surface area contributed by atoms with E-state index in [9.17, 15) is 0 Å². The molecule has 23 heavy (non-hydrogen) atoms. The number of H-pyrrole nitrogens is 1. The number of ether oxygens (including phenoxy) is 1. The molecule has 0 atom stereocenters. The molecular weight excluding hydrogens is 296 g/mol. The van der Waals surface area contributed by atoms with Crippen molar-refractivity contribution in [3.63, 3.8) is 0 Å². The van der Waals surface area contributed by atoms with Gasteiger partial charge in [-0.1, -0.05) is 0 Å². The molecule has 9 heteroatoms. The average Bonchev–Trinajstić information content (AvgIpc) is 3.11. The number of piperazine rings is 1. The third-order valence-electron chi connectivity index (χ3n) is 3.97. The van der Waals surface area contributed by atoms with E-state index in [4.69, 9.17) is 4.74 Å². The molecule has 1 N–H and O–H groups in total. The highest BCUT2D eigenvalue weighted by molar-refractivity contribution is 5.86. The molecule has 3 aromatic rings. The lowest BCUT2D eigenvalue weighted by atomic mass is 10.2. The molecule has 1 aliphatic rings. The quantitative estimate of drug-likeness (QED) is 0.746. The molecule has 1 aliphatic heterocycles. The van der Waals surface area contributed by atoms with E-state index in [0.717, 1.165) is 48.8 Å². The Hall–Kier alpha value is -2.97. The second kappa shape index (κ2) is 5.67. The summed E-state index contributed by atoms with van der Waals surface area (Å²) in [6.07, 6.45) is 4.86. The molecule has 1 saturated heterocycles. The maximum Gasteiger partial charge on any atom is 0.218 e. The summed E-state index contributed by atoms with van der Waals surface area (Å²) in [6.45, 7) is 3.40. The highest BCUT2D eigenvalue weighted by Gasteiger charge is 2.21. The van der Waals surface area contributed by atoms with E-state index >= 15 is 0 Å². The minimum atomic E-state index is 0.577. The maximum atomic E-state index is 5.16. The molecule has 0 aliphatic carbocycles. The monoisotopic (exact) mass is 312 g/mol. The van der Waals surface area contributed by atoms with Crippen molar-refractivity contribution < 1.29 is 4.74 Å². The van der Waals surface area contributed by atoms with E-state index in [1.807, 2.05) is 6.07 Å². The van der Waals surface area contributed by atoms with Gasteiger partial charge in [0.2, 0.25) is 5.88 Å². The molecule has 0 saturated carbocycles. The third kappa shape index (κ3) is 2.50. The Kier molecular flexibility index (Phi) is 3.37. The molecule has 9 nitrogen and oxygen atoms in total. The van der Waals surface area contributed by atoms with Crippen molar-refractivity contribution >= 4 is 22.7 Å².